The van der Waals surface area contributed by atoms with Crippen molar-refractivity contribution < 1.29 is 4.79 Å². The van der Waals surface area contributed by atoms with E-state index in [-0.39, 0.29) is 17.9 Å². The zero-order valence-corrected chi connectivity index (χ0v) is 10.5. The van der Waals surface area contributed by atoms with Gasteiger partial charge in [-0.1, -0.05) is 25.1 Å². The molecule has 3 nitrogen and oxygen atoms in total. The summed E-state index contributed by atoms with van der Waals surface area (Å²) in [5.74, 6) is 0.487. The summed E-state index contributed by atoms with van der Waals surface area (Å²) < 4.78 is 0. The SMILES string of the molecule is CCc1ccccc1N1C(=O)CC(CN)C1C. The molecule has 2 rings (SSSR count). The van der Waals surface area contributed by atoms with Crippen molar-refractivity contribution in [1.82, 2.24) is 0 Å². The molecule has 1 saturated heterocycles. The van der Waals surface area contributed by atoms with Crippen molar-refractivity contribution in [1.29, 1.82) is 0 Å². The normalized spacial score (nSPS) is 24.4. The van der Waals surface area contributed by atoms with Crippen molar-refractivity contribution in [2.24, 2.45) is 11.7 Å². The number of carbonyl (C=O) groups excluding carboxylic acids is 1. The molecule has 1 aliphatic heterocycles. The molecule has 0 spiro atoms. The van der Waals surface area contributed by atoms with Gasteiger partial charge in [0.25, 0.3) is 0 Å². The van der Waals surface area contributed by atoms with Crippen molar-refractivity contribution in [3.8, 4) is 0 Å². The minimum absolute atomic E-state index is 0.203. The number of hydrogen-bond acceptors (Lipinski definition) is 2. The number of amides is 1. The molecule has 0 radical (unpaired) electrons. The van der Waals surface area contributed by atoms with Crippen LogP contribution in [0.15, 0.2) is 24.3 Å². The number of nitrogens with two attached hydrogens (primary N) is 1. The minimum Gasteiger partial charge on any atom is -0.330 e. The first-order valence-corrected chi connectivity index (χ1v) is 6.29. The predicted octanol–water partition coefficient (Wildman–Crippen LogP) is 1.95. The van der Waals surface area contributed by atoms with E-state index < -0.39 is 0 Å². The second kappa shape index (κ2) is 4.88. The highest BCUT2D eigenvalue weighted by atomic mass is 16.2. The fourth-order valence-electron chi connectivity index (χ4n) is 2.61. The molecule has 0 bridgehead atoms. The van der Waals surface area contributed by atoms with E-state index in [0.717, 1.165) is 12.1 Å². The van der Waals surface area contributed by atoms with Gasteiger partial charge in [-0.05, 0) is 31.5 Å². The first kappa shape index (κ1) is 12.1. The summed E-state index contributed by atoms with van der Waals surface area (Å²) in [7, 11) is 0. The standard InChI is InChI=1S/C14H20N2O/c1-3-11-6-4-5-7-13(11)16-10(2)12(9-15)8-14(16)17/h4-7,10,12H,3,8-9,15H2,1-2H3. The Morgan fingerprint density at radius 3 is 2.71 bits per heavy atom. The molecule has 1 amide bonds. The minimum atomic E-state index is 0.203. The van der Waals surface area contributed by atoms with Gasteiger partial charge in [-0.2, -0.15) is 0 Å². The first-order chi connectivity index (χ1) is 8.19. The molecule has 92 valence electrons. The second-order valence-electron chi connectivity index (χ2n) is 4.69. The number of anilines is 1. The fraction of sp³-hybridized carbons (Fsp3) is 0.500. The van der Waals surface area contributed by atoms with Crippen molar-refractivity contribution in [2.45, 2.75) is 32.7 Å². The number of benzene rings is 1. The molecule has 1 aliphatic rings. The maximum absolute atomic E-state index is 12.1. The van der Waals surface area contributed by atoms with Crippen LogP contribution >= 0.6 is 0 Å². The Balaban J connectivity index is 2.36. The largest absolute Gasteiger partial charge is 0.330 e. The Hall–Kier alpha value is -1.35. The monoisotopic (exact) mass is 232 g/mol. The molecule has 2 N–H and O–H groups in total. The van der Waals surface area contributed by atoms with Gasteiger partial charge in [-0.25, -0.2) is 0 Å². The van der Waals surface area contributed by atoms with E-state index in [1.165, 1.54) is 5.56 Å². The Morgan fingerprint density at radius 1 is 1.41 bits per heavy atom. The van der Waals surface area contributed by atoms with Gasteiger partial charge in [0.15, 0.2) is 0 Å². The van der Waals surface area contributed by atoms with E-state index >= 15 is 0 Å². The van der Waals surface area contributed by atoms with Crippen LogP contribution in [0.5, 0.6) is 0 Å². The van der Waals surface area contributed by atoms with Crippen molar-refractivity contribution >= 4 is 11.6 Å². The molecular weight excluding hydrogens is 212 g/mol. The lowest BCUT2D eigenvalue weighted by atomic mass is 10.0. The van der Waals surface area contributed by atoms with Gasteiger partial charge in [0.05, 0.1) is 0 Å². The summed E-state index contributed by atoms with van der Waals surface area (Å²) in [5, 5.41) is 0. The van der Waals surface area contributed by atoms with E-state index in [0.29, 0.717) is 13.0 Å². The molecule has 1 aromatic rings. The molecule has 0 aromatic heterocycles. The molecule has 3 heteroatoms. The van der Waals surface area contributed by atoms with Crippen LogP contribution in [0.25, 0.3) is 0 Å². The van der Waals surface area contributed by atoms with E-state index in [4.69, 9.17) is 5.73 Å². The van der Waals surface area contributed by atoms with Crippen LogP contribution in [0, 0.1) is 5.92 Å². The Morgan fingerprint density at radius 2 is 2.12 bits per heavy atom. The van der Waals surface area contributed by atoms with Crippen LogP contribution in [0.4, 0.5) is 5.69 Å². The first-order valence-electron chi connectivity index (χ1n) is 6.29. The van der Waals surface area contributed by atoms with Crippen molar-refractivity contribution in [3.05, 3.63) is 29.8 Å². The zero-order chi connectivity index (χ0) is 12.4. The van der Waals surface area contributed by atoms with Gasteiger partial charge in [-0.3, -0.25) is 4.79 Å². The Labute approximate surface area is 103 Å². The summed E-state index contributed by atoms with van der Waals surface area (Å²) in [6.45, 7) is 4.79. The number of aryl methyl sites for hydroxylation is 1. The number of rotatable bonds is 3. The smallest absolute Gasteiger partial charge is 0.227 e. The number of nitrogens with zero attached hydrogens (tertiary/aromatic N) is 1. The van der Waals surface area contributed by atoms with E-state index in [2.05, 4.69) is 19.9 Å². The number of carbonyl (C=O) groups is 1. The number of hydrogen-bond donors (Lipinski definition) is 1. The Kier molecular flexibility index (Phi) is 3.48. The maximum atomic E-state index is 12.1. The van der Waals surface area contributed by atoms with Crippen LogP contribution in [0.1, 0.15) is 25.8 Å². The van der Waals surface area contributed by atoms with Gasteiger partial charge in [0, 0.05) is 24.1 Å². The van der Waals surface area contributed by atoms with E-state index in [1.807, 2.05) is 23.1 Å². The van der Waals surface area contributed by atoms with Gasteiger partial charge >= 0.3 is 0 Å². The Bertz CT molecular complexity index is 416. The van der Waals surface area contributed by atoms with Gasteiger partial charge in [0.1, 0.15) is 0 Å². The summed E-state index contributed by atoms with van der Waals surface area (Å²) >= 11 is 0. The quantitative estimate of drug-likeness (QED) is 0.865. The van der Waals surface area contributed by atoms with Crippen molar-refractivity contribution in [2.75, 3.05) is 11.4 Å². The third-order valence-corrected chi connectivity index (χ3v) is 3.73. The average Bonchev–Trinajstić information content (AvgIpc) is 2.64. The molecule has 1 fully saturated rings. The van der Waals surface area contributed by atoms with Crippen LogP contribution in [-0.4, -0.2) is 18.5 Å². The lowest BCUT2D eigenvalue weighted by molar-refractivity contribution is -0.117. The van der Waals surface area contributed by atoms with Crippen LogP contribution in [-0.2, 0) is 11.2 Å². The molecule has 17 heavy (non-hydrogen) atoms. The summed E-state index contributed by atoms with van der Waals surface area (Å²) in [5.41, 5.74) is 8.00. The van der Waals surface area contributed by atoms with Gasteiger partial charge < -0.3 is 10.6 Å². The molecule has 1 aromatic carbocycles. The second-order valence-corrected chi connectivity index (χ2v) is 4.69. The lowest BCUT2D eigenvalue weighted by Gasteiger charge is -2.26. The van der Waals surface area contributed by atoms with Crippen LogP contribution < -0.4 is 10.6 Å². The van der Waals surface area contributed by atoms with Crippen LogP contribution in [0.3, 0.4) is 0 Å². The van der Waals surface area contributed by atoms with Crippen LogP contribution in [0.2, 0.25) is 0 Å². The summed E-state index contributed by atoms with van der Waals surface area (Å²) in [4.78, 5) is 14.0. The topological polar surface area (TPSA) is 46.3 Å². The predicted molar refractivity (Wildman–Crippen MR) is 69.9 cm³/mol. The molecule has 0 aliphatic carbocycles. The average molecular weight is 232 g/mol. The highest BCUT2D eigenvalue weighted by molar-refractivity contribution is 5.97. The molecule has 2 atom stereocenters. The van der Waals surface area contributed by atoms with Gasteiger partial charge in [-0.15, -0.1) is 0 Å². The van der Waals surface area contributed by atoms with E-state index in [1.54, 1.807) is 0 Å². The molecule has 0 saturated carbocycles. The molecular formula is C14H20N2O. The van der Waals surface area contributed by atoms with Crippen molar-refractivity contribution in [3.63, 3.8) is 0 Å². The van der Waals surface area contributed by atoms with E-state index in [9.17, 15) is 4.79 Å². The number of para-hydroxylation sites is 1. The molecule has 2 unspecified atom stereocenters. The highest BCUT2D eigenvalue weighted by Crippen LogP contribution is 2.32. The lowest BCUT2D eigenvalue weighted by Crippen LogP contribution is -2.35. The van der Waals surface area contributed by atoms with Gasteiger partial charge in [0.2, 0.25) is 5.91 Å². The highest BCUT2D eigenvalue weighted by Gasteiger charge is 2.37. The zero-order valence-electron chi connectivity index (χ0n) is 10.5. The summed E-state index contributed by atoms with van der Waals surface area (Å²) in [6.07, 6.45) is 1.52. The fourth-order valence-corrected chi connectivity index (χ4v) is 2.61. The third-order valence-electron chi connectivity index (χ3n) is 3.73. The third kappa shape index (κ3) is 2.07. The summed E-state index contributed by atoms with van der Waals surface area (Å²) in [6, 6.07) is 8.34. The maximum Gasteiger partial charge on any atom is 0.227 e. The molecule has 1 heterocycles.